The molecule has 3 nitrogen and oxygen atoms in total. The molecule has 0 aliphatic carbocycles. The summed E-state index contributed by atoms with van der Waals surface area (Å²) in [7, 11) is 2.16. The molecule has 20 heavy (non-hydrogen) atoms. The number of halogens is 1. The van der Waals surface area contributed by atoms with E-state index < -0.39 is 5.82 Å². The number of rotatable bonds is 3. The Hall–Kier alpha value is -1.44. The minimum Gasteiger partial charge on any atom is -0.305 e. The van der Waals surface area contributed by atoms with Gasteiger partial charge < -0.3 is 4.90 Å². The molecule has 0 saturated carbocycles. The lowest BCUT2D eigenvalue weighted by atomic mass is 10.1. The van der Waals surface area contributed by atoms with Gasteiger partial charge in [0.05, 0.1) is 5.56 Å². The fraction of sp³-hybridized carbons (Fsp3) is 0.562. The predicted molar refractivity (Wildman–Crippen MR) is 77.7 cm³/mol. The first kappa shape index (κ1) is 15.0. The van der Waals surface area contributed by atoms with Crippen LogP contribution in [0.5, 0.6) is 0 Å². The number of nitrogens with zero attached hydrogens (tertiary/aromatic N) is 3. The molecule has 0 spiro atoms. The van der Waals surface area contributed by atoms with Crippen molar-refractivity contribution in [1.29, 1.82) is 5.26 Å². The normalized spacial score (nSPS) is 21.4. The molecule has 2 rings (SSSR count). The van der Waals surface area contributed by atoms with Crippen molar-refractivity contribution in [2.75, 3.05) is 26.7 Å². The molecule has 1 aliphatic heterocycles. The molecular formula is C16H22FN3. The van der Waals surface area contributed by atoms with Crippen molar-refractivity contribution in [3.05, 3.63) is 35.1 Å². The second-order valence-corrected chi connectivity index (χ2v) is 5.57. The Morgan fingerprint density at radius 3 is 2.90 bits per heavy atom. The summed E-state index contributed by atoms with van der Waals surface area (Å²) in [5.41, 5.74) is 1.16. The third-order valence-electron chi connectivity index (χ3n) is 4.03. The highest BCUT2D eigenvalue weighted by Gasteiger charge is 2.22. The van der Waals surface area contributed by atoms with Crippen LogP contribution in [0.2, 0.25) is 0 Å². The SMILES string of the molecule is CCC1CN(C)CCCN1Cc1ccc(F)c(C#N)c1. The van der Waals surface area contributed by atoms with Crippen LogP contribution in [-0.2, 0) is 6.54 Å². The number of benzene rings is 1. The van der Waals surface area contributed by atoms with Crippen LogP contribution in [0.1, 0.15) is 30.9 Å². The van der Waals surface area contributed by atoms with Gasteiger partial charge in [-0.05, 0) is 44.1 Å². The third-order valence-corrected chi connectivity index (χ3v) is 4.03. The van der Waals surface area contributed by atoms with Gasteiger partial charge in [0.1, 0.15) is 11.9 Å². The minimum atomic E-state index is -0.432. The van der Waals surface area contributed by atoms with Crippen molar-refractivity contribution in [2.45, 2.75) is 32.4 Å². The van der Waals surface area contributed by atoms with Gasteiger partial charge in [-0.25, -0.2) is 4.39 Å². The molecule has 0 bridgehead atoms. The average Bonchev–Trinajstić information content (AvgIpc) is 2.62. The van der Waals surface area contributed by atoms with Gasteiger partial charge in [-0.1, -0.05) is 13.0 Å². The molecule has 4 heteroatoms. The molecule has 1 unspecified atom stereocenters. The van der Waals surface area contributed by atoms with Gasteiger partial charge >= 0.3 is 0 Å². The largest absolute Gasteiger partial charge is 0.305 e. The summed E-state index contributed by atoms with van der Waals surface area (Å²) < 4.78 is 13.4. The molecule has 1 aromatic rings. The van der Waals surface area contributed by atoms with E-state index in [-0.39, 0.29) is 5.56 Å². The number of nitriles is 1. The lowest BCUT2D eigenvalue weighted by Crippen LogP contribution is -2.39. The van der Waals surface area contributed by atoms with Crippen molar-refractivity contribution < 1.29 is 4.39 Å². The van der Waals surface area contributed by atoms with E-state index in [1.54, 1.807) is 12.1 Å². The lowest BCUT2D eigenvalue weighted by Gasteiger charge is -2.30. The summed E-state index contributed by atoms with van der Waals surface area (Å²) in [6.07, 6.45) is 2.26. The molecule has 1 heterocycles. The van der Waals surface area contributed by atoms with Gasteiger partial charge in [0.15, 0.2) is 0 Å². The van der Waals surface area contributed by atoms with Crippen molar-refractivity contribution in [1.82, 2.24) is 9.80 Å². The summed E-state index contributed by atoms with van der Waals surface area (Å²) in [6, 6.07) is 7.31. The van der Waals surface area contributed by atoms with Gasteiger partial charge in [0.25, 0.3) is 0 Å². The van der Waals surface area contributed by atoms with Crippen LogP contribution in [-0.4, -0.2) is 42.5 Å². The maximum Gasteiger partial charge on any atom is 0.140 e. The van der Waals surface area contributed by atoms with E-state index in [0.29, 0.717) is 6.04 Å². The van der Waals surface area contributed by atoms with Crippen molar-refractivity contribution >= 4 is 0 Å². The number of hydrogen-bond donors (Lipinski definition) is 0. The highest BCUT2D eigenvalue weighted by Crippen LogP contribution is 2.17. The lowest BCUT2D eigenvalue weighted by molar-refractivity contribution is 0.176. The second kappa shape index (κ2) is 6.83. The van der Waals surface area contributed by atoms with Gasteiger partial charge in [-0.3, -0.25) is 4.90 Å². The zero-order valence-electron chi connectivity index (χ0n) is 12.3. The fourth-order valence-electron chi connectivity index (χ4n) is 2.88. The highest BCUT2D eigenvalue weighted by atomic mass is 19.1. The Kier molecular flexibility index (Phi) is 5.11. The summed E-state index contributed by atoms with van der Waals surface area (Å²) in [6.45, 7) is 6.26. The van der Waals surface area contributed by atoms with Crippen molar-refractivity contribution in [2.24, 2.45) is 0 Å². The zero-order chi connectivity index (χ0) is 14.5. The molecule has 0 N–H and O–H groups in total. The Balaban J connectivity index is 2.13. The van der Waals surface area contributed by atoms with Gasteiger partial charge in [0.2, 0.25) is 0 Å². The Labute approximate surface area is 120 Å². The number of hydrogen-bond acceptors (Lipinski definition) is 3. The summed E-state index contributed by atoms with van der Waals surface area (Å²) in [4.78, 5) is 4.83. The van der Waals surface area contributed by atoms with Crippen LogP contribution >= 0.6 is 0 Å². The molecule has 108 valence electrons. The summed E-state index contributed by atoms with van der Waals surface area (Å²) >= 11 is 0. The van der Waals surface area contributed by atoms with Crippen molar-refractivity contribution in [3.63, 3.8) is 0 Å². The standard InChI is InChI=1S/C16H22FN3/c1-3-15-12-19(2)7-4-8-20(15)11-13-5-6-16(17)14(9-13)10-18/h5-6,9,15H,3-4,7-8,11-12H2,1-2H3. The van der Waals surface area contributed by atoms with E-state index in [4.69, 9.17) is 5.26 Å². The van der Waals surface area contributed by atoms with Gasteiger partial charge in [-0.2, -0.15) is 5.26 Å². The Morgan fingerprint density at radius 2 is 2.20 bits per heavy atom. The Bertz CT molecular complexity index is 495. The van der Waals surface area contributed by atoms with Crippen LogP contribution in [0.4, 0.5) is 4.39 Å². The van der Waals surface area contributed by atoms with Crippen LogP contribution < -0.4 is 0 Å². The molecule has 0 aromatic heterocycles. The zero-order valence-corrected chi connectivity index (χ0v) is 12.3. The predicted octanol–water partition coefficient (Wildman–Crippen LogP) is 2.61. The molecular weight excluding hydrogens is 253 g/mol. The van der Waals surface area contributed by atoms with E-state index in [0.717, 1.165) is 44.6 Å². The maximum atomic E-state index is 13.4. The average molecular weight is 275 g/mol. The van der Waals surface area contributed by atoms with Gasteiger partial charge in [0, 0.05) is 25.7 Å². The smallest absolute Gasteiger partial charge is 0.140 e. The molecule has 1 atom stereocenters. The molecule has 1 saturated heterocycles. The quantitative estimate of drug-likeness (QED) is 0.849. The molecule has 1 aliphatic rings. The van der Waals surface area contributed by atoms with Crippen LogP contribution in [0, 0.1) is 17.1 Å². The first-order chi connectivity index (χ1) is 9.63. The second-order valence-electron chi connectivity index (χ2n) is 5.57. The molecule has 1 fully saturated rings. The minimum absolute atomic E-state index is 0.141. The van der Waals surface area contributed by atoms with Crippen molar-refractivity contribution in [3.8, 4) is 6.07 Å². The van der Waals surface area contributed by atoms with E-state index in [1.807, 2.05) is 6.07 Å². The molecule has 0 radical (unpaired) electrons. The summed E-state index contributed by atoms with van der Waals surface area (Å²) in [5, 5.41) is 8.92. The third kappa shape index (κ3) is 3.56. The molecule has 1 aromatic carbocycles. The first-order valence-electron chi connectivity index (χ1n) is 7.25. The van der Waals surface area contributed by atoms with Crippen LogP contribution in [0.15, 0.2) is 18.2 Å². The first-order valence-corrected chi connectivity index (χ1v) is 7.25. The number of likely N-dealkylation sites (N-methyl/N-ethyl adjacent to an activating group) is 1. The molecule has 0 amide bonds. The highest BCUT2D eigenvalue weighted by molar-refractivity contribution is 5.34. The van der Waals surface area contributed by atoms with E-state index in [2.05, 4.69) is 23.8 Å². The monoisotopic (exact) mass is 275 g/mol. The topological polar surface area (TPSA) is 30.3 Å². The summed E-state index contributed by atoms with van der Waals surface area (Å²) in [5.74, 6) is -0.432. The van der Waals surface area contributed by atoms with Gasteiger partial charge in [-0.15, -0.1) is 0 Å². The van der Waals surface area contributed by atoms with E-state index >= 15 is 0 Å². The van der Waals surface area contributed by atoms with E-state index in [9.17, 15) is 4.39 Å². The van der Waals surface area contributed by atoms with Crippen LogP contribution in [0.25, 0.3) is 0 Å². The fourth-order valence-corrected chi connectivity index (χ4v) is 2.88. The van der Waals surface area contributed by atoms with Crippen LogP contribution in [0.3, 0.4) is 0 Å². The van der Waals surface area contributed by atoms with E-state index in [1.165, 1.54) is 6.07 Å². The maximum absolute atomic E-state index is 13.4. The Morgan fingerprint density at radius 1 is 1.40 bits per heavy atom.